The molecule has 3 aliphatic rings. The Kier molecular flexibility index (Phi) is 1.84. The molecule has 0 aromatic heterocycles. The number of fused-ring (bicyclic) bond motifs is 5. The fraction of sp³-hybridized carbons (Fsp3) is 1.00. The van der Waals surface area contributed by atoms with Crippen molar-refractivity contribution in [2.24, 2.45) is 16.7 Å². The normalized spacial score (nSPS) is 54.6. The molecule has 3 rings (SSSR count). The van der Waals surface area contributed by atoms with E-state index in [1.165, 1.54) is 18.6 Å². The van der Waals surface area contributed by atoms with E-state index in [1.54, 1.807) is 0 Å². The van der Waals surface area contributed by atoms with Crippen LogP contribution in [0, 0.1) is 16.7 Å². The van der Waals surface area contributed by atoms with E-state index in [-0.39, 0.29) is 0 Å². The minimum Gasteiger partial charge on any atom is -0.376 e. The molecule has 0 radical (unpaired) electrons. The van der Waals surface area contributed by atoms with Crippen LogP contribution in [0.15, 0.2) is 0 Å². The van der Waals surface area contributed by atoms with E-state index in [0.29, 0.717) is 16.9 Å². The van der Waals surface area contributed by atoms with E-state index in [2.05, 4.69) is 32.5 Å². The maximum absolute atomic E-state index is 6.02. The second kappa shape index (κ2) is 2.70. The SMILES string of the molecule is CC1(C)[C@@H]2CC[C@@]1(C)[C@@H]1SCCO[C@H]21. The largest absolute Gasteiger partial charge is 0.376 e. The third kappa shape index (κ3) is 0.880. The summed E-state index contributed by atoms with van der Waals surface area (Å²) in [7, 11) is 0. The average molecular weight is 212 g/mol. The smallest absolute Gasteiger partial charge is 0.0732 e. The molecule has 0 aromatic rings. The maximum Gasteiger partial charge on any atom is 0.0732 e. The lowest BCUT2D eigenvalue weighted by Gasteiger charge is -2.41. The molecule has 4 atom stereocenters. The first-order chi connectivity index (χ1) is 6.57. The molecule has 1 saturated heterocycles. The minimum atomic E-state index is 0.500. The highest BCUT2D eigenvalue weighted by atomic mass is 32.2. The quantitative estimate of drug-likeness (QED) is 0.610. The fourth-order valence-electron chi connectivity index (χ4n) is 4.06. The highest BCUT2D eigenvalue weighted by Gasteiger charge is 2.67. The summed E-state index contributed by atoms with van der Waals surface area (Å²) in [4.78, 5) is 0. The van der Waals surface area contributed by atoms with Crippen molar-refractivity contribution in [2.75, 3.05) is 12.4 Å². The van der Waals surface area contributed by atoms with Crippen LogP contribution in [0.5, 0.6) is 0 Å². The summed E-state index contributed by atoms with van der Waals surface area (Å²) in [6.45, 7) is 8.41. The topological polar surface area (TPSA) is 9.23 Å². The van der Waals surface area contributed by atoms with Crippen LogP contribution in [0.1, 0.15) is 33.6 Å². The van der Waals surface area contributed by atoms with Crippen molar-refractivity contribution in [1.82, 2.24) is 0 Å². The molecule has 80 valence electrons. The second-order valence-electron chi connectivity index (χ2n) is 5.91. The Hall–Kier alpha value is 0.310. The van der Waals surface area contributed by atoms with Crippen LogP contribution >= 0.6 is 11.8 Å². The highest BCUT2D eigenvalue weighted by Crippen LogP contribution is 2.69. The summed E-state index contributed by atoms with van der Waals surface area (Å²) in [6, 6.07) is 0. The zero-order valence-corrected chi connectivity index (χ0v) is 10.2. The number of hydrogen-bond acceptors (Lipinski definition) is 2. The van der Waals surface area contributed by atoms with Gasteiger partial charge in [-0.15, -0.1) is 0 Å². The van der Waals surface area contributed by atoms with E-state index in [1.807, 2.05) is 0 Å². The van der Waals surface area contributed by atoms with E-state index in [4.69, 9.17) is 4.74 Å². The summed E-state index contributed by atoms with van der Waals surface area (Å²) in [5, 5.41) is 0.782. The van der Waals surface area contributed by atoms with Crippen LogP contribution < -0.4 is 0 Å². The molecule has 0 aromatic carbocycles. The van der Waals surface area contributed by atoms with Crippen molar-refractivity contribution in [2.45, 2.75) is 45.0 Å². The molecule has 0 amide bonds. The second-order valence-corrected chi connectivity index (χ2v) is 7.16. The van der Waals surface area contributed by atoms with Gasteiger partial charge in [0.15, 0.2) is 0 Å². The van der Waals surface area contributed by atoms with Crippen molar-refractivity contribution in [1.29, 1.82) is 0 Å². The van der Waals surface area contributed by atoms with Gasteiger partial charge in [-0.25, -0.2) is 0 Å². The molecule has 1 aliphatic heterocycles. The zero-order valence-electron chi connectivity index (χ0n) is 9.38. The molecule has 2 bridgehead atoms. The lowest BCUT2D eigenvalue weighted by molar-refractivity contribution is 0.0117. The van der Waals surface area contributed by atoms with Gasteiger partial charge in [-0.2, -0.15) is 11.8 Å². The first kappa shape index (κ1) is 9.53. The molecular formula is C12H20OS. The maximum atomic E-state index is 6.02. The molecule has 2 aliphatic carbocycles. The minimum absolute atomic E-state index is 0.500. The highest BCUT2D eigenvalue weighted by molar-refractivity contribution is 8.00. The van der Waals surface area contributed by atoms with Gasteiger partial charge >= 0.3 is 0 Å². The van der Waals surface area contributed by atoms with Crippen molar-refractivity contribution in [3.8, 4) is 0 Å². The van der Waals surface area contributed by atoms with Crippen LogP contribution in [0.3, 0.4) is 0 Å². The van der Waals surface area contributed by atoms with Crippen molar-refractivity contribution in [3.63, 3.8) is 0 Å². The van der Waals surface area contributed by atoms with Gasteiger partial charge in [-0.3, -0.25) is 0 Å². The molecule has 0 spiro atoms. The zero-order chi connectivity index (χ0) is 9.97. The van der Waals surface area contributed by atoms with Crippen molar-refractivity contribution < 1.29 is 4.74 Å². The predicted octanol–water partition coefficient (Wildman–Crippen LogP) is 2.94. The Labute approximate surface area is 91.0 Å². The summed E-state index contributed by atoms with van der Waals surface area (Å²) < 4.78 is 6.02. The predicted molar refractivity (Wildman–Crippen MR) is 60.6 cm³/mol. The molecule has 1 heterocycles. The molecule has 1 nitrogen and oxygen atoms in total. The third-order valence-electron chi connectivity index (χ3n) is 5.39. The lowest BCUT2D eigenvalue weighted by atomic mass is 9.71. The Morgan fingerprint density at radius 1 is 1.29 bits per heavy atom. The van der Waals surface area contributed by atoms with Crippen LogP contribution in [-0.4, -0.2) is 23.7 Å². The summed E-state index contributed by atoms with van der Waals surface area (Å²) in [5.41, 5.74) is 1.03. The first-order valence-corrected chi connectivity index (χ1v) is 6.85. The fourth-order valence-corrected chi connectivity index (χ4v) is 5.75. The number of rotatable bonds is 0. The van der Waals surface area contributed by atoms with Crippen LogP contribution in [0.4, 0.5) is 0 Å². The van der Waals surface area contributed by atoms with Gasteiger partial charge in [0.05, 0.1) is 12.7 Å². The van der Waals surface area contributed by atoms with E-state index in [9.17, 15) is 0 Å². The van der Waals surface area contributed by atoms with Gasteiger partial charge in [-0.05, 0) is 29.6 Å². The summed E-state index contributed by atoms with van der Waals surface area (Å²) in [6.07, 6.45) is 3.38. The van der Waals surface area contributed by atoms with Gasteiger partial charge in [0.2, 0.25) is 0 Å². The van der Waals surface area contributed by atoms with E-state index < -0.39 is 0 Å². The average Bonchev–Trinajstić information content (AvgIpc) is 2.49. The Bertz CT molecular complexity index is 263. The molecule has 2 saturated carbocycles. The number of hydrogen-bond donors (Lipinski definition) is 0. The number of thioether (sulfide) groups is 1. The van der Waals surface area contributed by atoms with Crippen LogP contribution in [0.25, 0.3) is 0 Å². The molecule has 2 heteroatoms. The molecule has 3 fully saturated rings. The van der Waals surface area contributed by atoms with Gasteiger partial charge in [-0.1, -0.05) is 20.8 Å². The summed E-state index contributed by atoms with van der Waals surface area (Å²) >= 11 is 2.17. The van der Waals surface area contributed by atoms with Gasteiger partial charge in [0.25, 0.3) is 0 Å². The van der Waals surface area contributed by atoms with E-state index in [0.717, 1.165) is 17.8 Å². The van der Waals surface area contributed by atoms with Gasteiger partial charge in [0.1, 0.15) is 0 Å². The van der Waals surface area contributed by atoms with Crippen LogP contribution in [-0.2, 0) is 4.74 Å². The molecule has 14 heavy (non-hydrogen) atoms. The van der Waals surface area contributed by atoms with Crippen molar-refractivity contribution >= 4 is 11.8 Å². The van der Waals surface area contributed by atoms with Gasteiger partial charge < -0.3 is 4.74 Å². The summed E-state index contributed by atoms with van der Waals surface area (Å²) in [5.74, 6) is 2.03. The Balaban J connectivity index is 2.02. The third-order valence-corrected chi connectivity index (χ3v) is 6.94. The molecule has 0 N–H and O–H groups in total. The standard InChI is InChI=1S/C12H20OS/c1-11(2)8-4-5-12(11,3)10-9(8)13-6-7-14-10/h8-10H,4-7H2,1-3H3/t8-,9-,10-,12+/m1/s1. The Morgan fingerprint density at radius 3 is 2.79 bits per heavy atom. The Morgan fingerprint density at radius 2 is 2.07 bits per heavy atom. The number of ether oxygens (including phenoxy) is 1. The van der Waals surface area contributed by atoms with Crippen molar-refractivity contribution in [3.05, 3.63) is 0 Å². The first-order valence-electron chi connectivity index (χ1n) is 5.80. The molecule has 0 unspecified atom stereocenters. The van der Waals surface area contributed by atoms with E-state index >= 15 is 0 Å². The monoisotopic (exact) mass is 212 g/mol. The molecular weight excluding hydrogens is 192 g/mol. The van der Waals surface area contributed by atoms with Crippen LogP contribution in [0.2, 0.25) is 0 Å². The van der Waals surface area contributed by atoms with Gasteiger partial charge in [0, 0.05) is 11.0 Å². The lowest BCUT2D eigenvalue weighted by Crippen LogP contribution is -2.41.